The predicted octanol–water partition coefficient (Wildman–Crippen LogP) is 12.4. The van der Waals surface area contributed by atoms with Gasteiger partial charge in [0.1, 0.15) is 0 Å². The molecule has 0 radical (unpaired) electrons. The summed E-state index contributed by atoms with van der Waals surface area (Å²) in [4.78, 5) is 15.8. The first-order valence-electron chi connectivity index (χ1n) is 20.9. The van der Waals surface area contributed by atoms with E-state index < -0.39 is 5.41 Å². The summed E-state index contributed by atoms with van der Waals surface area (Å²) in [5.74, 6) is 5.11. The lowest BCUT2D eigenvalue weighted by molar-refractivity contribution is -0.0440. The SMILES string of the molecule is c1ccc(-c2nc(-c3ccc4c(c3)C3(c5ccccc5-c5ccccc53)c3ccccc3C43C4CC5CC(C4)CC3C5)nc(-c3ccc4ccccc4c3)n2)cc1. The van der Waals surface area contributed by atoms with Gasteiger partial charge >= 0.3 is 0 Å². The molecule has 0 atom stereocenters. The smallest absolute Gasteiger partial charge is 0.164 e. The molecule has 0 saturated heterocycles. The highest BCUT2D eigenvalue weighted by atomic mass is 15.0. The average molecular weight is 732 g/mol. The summed E-state index contributed by atoms with van der Waals surface area (Å²) >= 11 is 0. The topological polar surface area (TPSA) is 38.7 Å². The Hall–Kier alpha value is -6.19. The van der Waals surface area contributed by atoms with E-state index in [2.05, 4.69) is 158 Å². The van der Waals surface area contributed by atoms with E-state index >= 15 is 0 Å². The van der Waals surface area contributed by atoms with Gasteiger partial charge in [-0.2, -0.15) is 0 Å². The molecule has 0 aliphatic heterocycles. The molecule has 1 aromatic heterocycles. The Morgan fingerprint density at radius 3 is 1.51 bits per heavy atom. The number of rotatable bonds is 3. The molecule has 0 N–H and O–H groups in total. The van der Waals surface area contributed by atoms with Crippen molar-refractivity contribution in [1.82, 2.24) is 15.0 Å². The fourth-order valence-electron chi connectivity index (χ4n) is 13.1. The van der Waals surface area contributed by atoms with E-state index in [1.54, 1.807) is 5.56 Å². The minimum atomic E-state index is -0.467. The van der Waals surface area contributed by atoms with Gasteiger partial charge < -0.3 is 0 Å². The third-order valence-corrected chi connectivity index (χ3v) is 15.0. The van der Waals surface area contributed by atoms with Gasteiger partial charge in [-0.25, -0.2) is 15.0 Å². The van der Waals surface area contributed by atoms with Gasteiger partial charge in [-0.05, 0) is 123 Å². The largest absolute Gasteiger partial charge is 0.208 e. The number of hydrogen-bond donors (Lipinski definition) is 0. The van der Waals surface area contributed by atoms with Crippen LogP contribution in [-0.2, 0) is 10.8 Å². The third kappa shape index (κ3) is 4.24. The van der Waals surface area contributed by atoms with Gasteiger partial charge in [0.15, 0.2) is 17.5 Å². The lowest BCUT2D eigenvalue weighted by Gasteiger charge is -2.65. The Balaban J connectivity index is 1.11. The highest BCUT2D eigenvalue weighted by molar-refractivity contribution is 5.90. The highest BCUT2D eigenvalue weighted by Crippen LogP contribution is 2.71. The van der Waals surface area contributed by atoms with Gasteiger partial charge in [-0.3, -0.25) is 0 Å². The summed E-state index contributed by atoms with van der Waals surface area (Å²) in [7, 11) is 0. The van der Waals surface area contributed by atoms with E-state index in [0.717, 1.165) is 28.5 Å². The summed E-state index contributed by atoms with van der Waals surface area (Å²) in [6.07, 6.45) is 6.79. The number of fused-ring (bicyclic) bond motifs is 10. The lowest BCUT2D eigenvalue weighted by Crippen LogP contribution is -2.59. The molecule has 8 aromatic rings. The van der Waals surface area contributed by atoms with Crippen LogP contribution in [0, 0.1) is 23.7 Å². The van der Waals surface area contributed by atoms with Gasteiger partial charge in [0.05, 0.1) is 5.41 Å². The van der Waals surface area contributed by atoms with Crippen LogP contribution in [0.1, 0.15) is 65.5 Å². The van der Waals surface area contributed by atoms with E-state index in [1.807, 2.05) is 6.07 Å². The summed E-state index contributed by atoms with van der Waals surface area (Å²) in [5, 5.41) is 2.38. The Labute approximate surface area is 333 Å². The third-order valence-electron chi connectivity index (χ3n) is 15.0. The first-order chi connectivity index (χ1) is 28.2. The van der Waals surface area contributed by atoms with Crippen molar-refractivity contribution in [3.8, 4) is 45.3 Å². The first kappa shape index (κ1) is 32.0. The zero-order valence-corrected chi connectivity index (χ0v) is 31.8. The van der Waals surface area contributed by atoms with E-state index in [0.29, 0.717) is 29.3 Å². The fraction of sp³-hybridized carbons (Fsp3) is 0.204. The molecule has 4 fully saturated rings. The van der Waals surface area contributed by atoms with Crippen LogP contribution in [0.5, 0.6) is 0 Å². The molecule has 272 valence electrons. The number of aromatic nitrogens is 3. The highest BCUT2D eigenvalue weighted by Gasteiger charge is 2.64. The molecule has 14 rings (SSSR count). The molecular formula is C54H41N3. The summed E-state index contributed by atoms with van der Waals surface area (Å²) in [5.41, 5.74) is 14.0. The van der Waals surface area contributed by atoms with E-state index in [9.17, 15) is 0 Å². The van der Waals surface area contributed by atoms with E-state index in [-0.39, 0.29) is 5.41 Å². The number of benzene rings is 7. The van der Waals surface area contributed by atoms with Crippen molar-refractivity contribution in [2.24, 2.45) is 23.7 Å². The molecule has 2 spiro atoms. The van der Waals surface area contributed by atoms with Crippen LogP contribution >= 0.6 is 0 Å². The van der Waals surface area contributed by atoms with Crippen LogP contribution in [0.25, 0.3) is 56.1 Å². The van der Waals surface area contributed by atoms with Crippen molar-refractivity contribution in [2.75, 3.05) is 0 Å². The van der Waals surface area contributed by atoms with Crippen molar-refractivity contribution in [3.05, 3.63) is 197 Å². The zero-order valence-electron chi connectivity index (χ0n) is 31.8. The van der Waals surface area contributed by atoms with Crippen LogP contribution in [0.3, 0.4) is 0 Å². The molecule has 57 heavy (non-hydrogen) atoms. The molecule has 6 aliphatic carbocycles. The maximum absolute atomic E-state index is 5.36. The van der Waals surface area contributed by atoms with Gasteiger partial charge in [0.25, 0.3) is 0 Å². The Kier molecular flexibility index (Phi) is 6.55. The first-order valence-corrected chi connectivity index (χ1v) is 20.9. The maximum atomic E-state index is 5.36. The molecule has 3 heteroatoms. The van der Waals surface area contributed by atoms with Gasteiger partial charge in [-0.15, -0.1) is 0 Å². The monoisotopic (exact) mass is 731 g/mol. The van der Waals surface area contributed by atoms with Gasteiger partial charge in [0.2, 0.25) is 0 Å². The van der Waals surface area contributed by atoms with Crippen molar-refractivity contribution < 1.29 is 0 Å². The van der Waals surface area contributed by atoms with Crippen LogP contribution in [0.2, 0.25) is 0 Å². The van der Waals surface area contributed by atoms with Gasteiger partial charge in [-0.1, -0.05) is 152 Å². The van der Waals surface area contributed by atoms with Crippen LogP contribution in [-0.4, -0.2) is 15.0 Å². The van der Waals surface area contributed by atoms with Crippen molar-refractivity contribution >= 4 is 10.8 Å². The van der Waals surface area contributed by atoms with E-state index in [1.165, 1.54) is 81.8 Å². The second-order valence-corrected chi connectivity index (χ2v) is 17.6. The van der Waals surface area contributed by atoms with Crippen LogP contribution in [0.15, 0.2) is 164 Å². The van der Waals surface area contributed by atoms with Crippen molar-refractivity contribution in [1.29, 1.82) is 0 Å². The second kappa shape index (κ2) is 11.7. The Morgan fingerprint density at radius 2 is 0.842 bits per heavy atom. The van der Waals surface area contributed by atoms with Crippen molar-refractivity contribution in [2.45, 2.75) is 42.9 Å². The lowest BCUT2D eigenvalue weighted by atomic mass is 9.38. The summed E-state index contributed by atoms with van der Waals surface area (Å²) in [6, 6.07) is 60.9. The average Bonchev–Trinajstić information content (AvgIpc) is 3.57. The van der Waals surface area contributed by atoms with Crippen LogP contribution < -0.4 is 0 Å². The molecule has 0 unspecified atom stereocenters. The quantitative estimate of drug-likeness (QED) is 0.182. The standard InChI is InChI=1S/C54H41N3/c1-2-13-36(14-3-1)50-55-51(38-23-22-35-12-4-5-15-37(35)31-38)57-52(56-50)39-24-25-48-49(32-39)54(44-18-8-6-16-42(44)43-17-7-9-19-45(43)54)47-21-11-10-20-46(47)53(48)40-27-33-26-34(29-40)30-41(53)28-33/h1-25,31-34,40-41H,26-30H2. The maximum Gasteiger partial charge on any atom is 0.164 e. The Morgan fingerprint density at radius 1 is 0.351 bits per heavy atom. The normalized spacial score (nSPS) is 24.0. The van der Waals surface area contributed by atoms with Crippen molar-refractivity contribution in [3.63, 3.8) is 0 Å². The number of hydrogen-bond acceptors (Lipinski definition) is 3. The molecule has 1 heterocycles. The molecule has 0 amide bonds. The molecule has 7 aromatic carbocycles. The summed E-state index contributed by atoms with van der Waals surface area (Å²) in [6.45, 7) is 0. The zero-order chi connectivity index (χ0) is 37.3. The molecule has 3 nitrogen and oxygen atoms in total. The summed E-state index contributed by atoms with van der Waals surface area (Å²) < 4.78 is 0. The fourth-order valence-corrected chi connectivity index (χ4v) is 13.1. The molecular weight excluding hydrogens is 691 g/mol. The second-order valence-electron chi connectivity index (χ2n) is 17.6. The van der Waals surface area contributed by atoms with Gasteiger partial charge in [0, 0.05) is 22.1 Å². The molecule has 6 aliphatic rings. The van der Waals surface area contributed by atoms with E-state index in [4.69, 9.17) is 15.0 Å². The molecule has 4 saturated carbocycles. The Bertz CT molecular complexity index is 2870. The van der Waals surface area contributed by atoms with Crippen LogP contribution in [0.4, 0.5) is 0 Å². The number of nitrogens with zero attached hydrogens (tertiary/aromatic N) is 3. The minimum absolute atomic E-state index is 0.0137. The molecule has 4 bridgehead atoms. The predicted molar refractivity (Wildman–Crippen MR) is 229 cm³/mol. The minimum Gasteiger partial charge on any atom is -0.208 e.